The molecule has 3 aromatic heterocycles. The second-order valence-corrected chi connectivity index (χ2v) is 10.6. The van der Waals surface area contributed by atoms with Gasteiger partial charge in [-0.2, -0.15) is 0 Å². The zero-order valence-corrected chi connectivity index (χ0v) is 21.0. The van der Waals surface area contributed by atoms with Crippen molar-refractivity contribution in [2.24, 2.45) is 0 Å². The van der Waals surface area contributed by atoms with Crippen molar-refractivity contribution < 1.29 is 17.5 Å². The van der Waals surface area contributed by atoms with E-state index in [-0.39, 0.29) is 17.7 Å². The van der Waals surface area contributed by atoms with Crippen molar-refractivity contribution in [3.63, 3.8) is 0 Å². The summed E-state index contributed by atoms with van der Waals surface area (Å²) in [5, 5.41) is 3.23. The van der Waals surface area contributed by atoms with Gasteiger partial charge in [-0.25, -0.2) is 37.0 Å². The molecule has 1 aliphatic heterocycles. The number of methoxy groups -OCH3 is 1. The first kappa shape index (κ1) is 24.6. The summed E-state index contributed by atoms with van der Waals surface area (Å²) in [5.41, 5.74) is 8.90. The fourth-order valence-corrected chi connectivity index (χ4v) is 5.05. The topological polar surface area (TPSA) is 152 Å². The SMILES string of the molecule is COc1cc(-c2[nH]c(-c3ccc(F)cc3)nc2-c2ccnc(NC3CCN(S(C)(=O)=O)C3)n2)cnc1N. The van der Waals surface area contributed by atoms with E-state index in [1.54, 1.807) is 36.7 Å². The standard InChI is InChI=1S/C24H25FN8O3S/c1-36-19-11-15(12-28-22(19)26)20-21(32-23(31-20)14-3-5-16(25)6-4-14)18-7-9-27-24(30-18)29-17-8-10-33(13-17)37(2,34)35/h3-7,9,11-12,17H,8,10,13H2,1-2H3,(H2,26,28)(H,31,32)(H,27,29,30). The number of benzene rings is 1. The van der Waals surface area contributed by atoms with Gasteiger partial charge in [-0.15, -0.1) is 0 Å². The first-order chi connectivity index (χ1) is 17.7. The molecule has 0 amide bonds. The summed E-state index contributed by atoms with van der Waals surface area (Å²) >= 11 is 0. The fourth-order valence-electron chi connectivity index (χ4n) is 4.16. The number of rotatable bonds is 7. The molecule has 1 aliphatic rings. The molecule has 4 aromatic rings. The third-order valence-electron chi connectivity index (χ3n) is 6.06. The van der Waals surface area contributed by atoms with E-state index in [4.69, 9.17) is 15.5 Å². The van der Waals surface area contributed by atoms with Gasteiger partial charge >= 0.3 is 0 Å². The zero-order chi connectivity index (χ0) is 26.2. The minimum atomic E-state index is -3.26. The third kappa shape index (κ3) is 5.22. The van der Waals surface area contributed by atoms with Crippen molar-refractivity contribution >= 4 is 21.8 Å². The number of hydrogen-bond donors (Lipinski definition) is 3. The number of pyridine rings is 1. The maximum absolute atomic E-state index is 13.5. The molecule has 0 bridgehead atoms. The van der Waals surface area contributed by atoms with Gasteiger partial charge in [0.15, 0.2) is 11.6 Å². The molecular formula is C24H25FN8O3S. The minimum Gasteiger partial charge on any atom is -0.493 e. The molecule has 13 heteroatoms. The molecule has 1 aromatic carbocycles. The number of H-pyrrole nitrogens is 1. The molecule has 0 radical (unpaired) electrons. The summed E-state index contributed by atoms with van der Waals surface area (Å²) in [6.07, 6.45) is 5.04. The molecule has 0 aliphatic carbocycles. The Morgan fingerprint density at radius 2 is 1.95 bits per heavy atom. The summed E-state index contributed by atoms with van der Waals surface area (Å²) in [6.45, 7) is 0.776. The van der Waals surface area contributed by atoms with Crippen molar-refractivity contribution in [3.05, 3.63) is 54.6 Å². The van der Waals surface area contributed by atoms with Crippen LogP contribution in [0.2, 0.25) is 0 Å². The Balaban J connectivity index is 1.53. The number of ether oxygens (including phenoxy) is 1. The molecular weight excluding hydrogens is 499 g/mol. The summed E-state index contributed by atoms with van der Waals surface area (Å²) in [7, 11) is -1.76. The van der Waals surface area contributed by atoms with Crippen molar-refractivity contribution in [1.29, 1.82) is 0 Å². The van der Waals surface area contributed by atoms with Crippen LogP contribution in [0.5, 0.6) is 5.75 Å². The lowest BCUT2D eigenvalue weighted by Gasteiger charge is -2.14. The summed E-state index contributed by atoms with van der Waals surface area (Å²) < 4.78 is 44.0. The van der Waals surface area contributed by atoms with Gasteiger partial charge in [0, 0.05) is 42.7 Å². The monoisotopic (exact) mass is 524 g/mol. The summed E-state index contributed by atoms with van der Waals surface area (Å²) in [5.74, 6) is 1.16. The van der Waals surface area contributed by atoms with Gasteiger partial charge in [0.05, 0.1) is 24.8 Å². The molecule has 1 unspecified atom stereocenters. The average molecular weight is 525 g/mol. The Bertz CT molecular complexity index is 1540. The number of nitrogens with one attached hydrogen (secondary N) is 2. The molecule has 1 saturated heterocycles. The maximum Gasteiger partial charge on any atom is 0.223 e. The number of aromatic amines is 1. The quantitative estimate of drug-likeness (QED) is 0.331. The predicted octanol–water partition coefficient (Wildman–Crippen LogP) is 2.77. The van der Waals surface area contributed by atoms with Gasteiger partial charge in [0.25, 0.3) is 0 Å². The van der Waals surface area contributed by atoms with Gasteiger partial charge in [-0.1, -0.05) is 0 Å². The maximum atomic E-state index is 13.5. The van der Waals surface area contributed by atoms with Crippen molar-refractivity contribution in [2.75, 3.05) is 37.5 Å². The normalized spacial score (nSPS) is 16.1. The predicted molar refractivity (Wildman–Crippen MR) is 138 cm³/mol. The number of imidazole rings is 1. The second kappa shape index (κ2) is 9.75. The molecule has 5 rings (SSSR count). The van der Waals surface area contributed by atoms with E-state index in [0.717, 1.165) is 0 Å². The number of nitrogen functional groups attached to an aromatic ring is 1. The van der Waals surface area contributed by atoms with Crippen LogP contribution in [0.3, 0.4) is 0 Å². The highest BCUT2D eigenvalue weighted by atomic mass is 32.2. The van der Waals surface area contributed by atoms with E-state index < -0.39 is 10.0 Å². The molecule has 4 N–H and O–H groups in total. The van der Waals surface area contributed by atoms with Gasteiger partial charge in [0.2, 0.25) is 16.0 Å². The van der Waals surface area contributed by atoms with Crippen LogP contribution in [0, 0.1) is 5.82 Å². The van der Waals surface area contributed by atoms with Gasteiger partial charge in [-0.05, 0) is 42.8 Å². The van der Waals surface area contributed by atoms with Gasteiger partial charge in [0.1, 0.15) is 17.3 Å². The number of aromatic nitrogens is 5. The van der Waals surface area contributed by atoms with Crippen molar-refractivity contribution in [1.82, 2.24) is 29.2 Å². The van der Waals surface area contributed by atoms with Gasteiger partial charge in [-0.3, -0.25) is 0 Å². The number of nitrogens with two attached hydrogens (primary N) is 1. The minimum absolute atomic E-state index is 0.121. The van der Waals surface area contributed by atoms with Crippen molar-refractivity contribution in [2.45, 2.75) is 12.5 Å². The molecule has 11 nitrogen and oxygen atoms in total. The summed E-state index contributed by atoms with van der Waals surface area (Å²) in [4.78, 5) is 21.3. The second-order valence-electron chi connectivity index (χ2n) is 8.64. The molecule has 37 heavy (non-hydrogen) atoms. The van der Waals surface area contributed by atoms with Crippen LogP contribution in [0.15, 0.2) is 48.8 Å². The molecule has 0 saturated carbocycles. The van der Waals surface area contributed by atoms with E-state index in [0.29, 0.717) is 65.2 Å². The van der Waals surface area contributed by atoms with Gasteiger partial charge < -0.3 is 20.8 Å². The highest BCUT2D eigenvalue weighted by Crippen LogP contribution is 2.34. The first-order valence-electron chi connectivity index (χ1n) is 11.4. The molecule has 0 spiro atoms. The van der Waals surface area contributed by atoms with Crippen LogP contribution in [0.4, 0.5) is 16.2 Å². The Hall–Kier alpha value is -4.10. The van der Waals surface area contributed by atoms with Crippen LogP contribution in [-0.4, -0.2) is 70.1 Å². The van der Waals surface area contributed by atoms with E-state index in [1.165, 1.54) is 29.8 Å². The van der Waals surface area contributed by atoms with E-state index in [2.05, 4.69) is 25.3 Å². The average Bonchev–Trinajstić information content (AvgIpc) is 3.53. The highest BCUT2D eigenvalue weighted by molar-refractivity contribution is 7.88. The van der Waals surface area contributed by atoms with Crippen LogP contribution in [-0.2, 0) is 10.0 Å². The number of anilines is 2. The van der Waals surface area contributed by atoms with Crippen LogP contribution >= 0.6 is 0 Å². The van der Waals surface area contributed by atoms with Crippen LogP contribution < -0.4 is 15.8 Å². The zero-order valence-electron chi connectivity index (χ0n) is 20.1. The van der Waals surface area contributed by atoms with Crippen LogP contribution in [0.25, 0.3) is 34.0 Å². The van der Waals surface area contributed by atoms with E-state index in [1.807, 2.05) is 0 Å². The van der Waals surface area contributed by atoms with E-state index in [9.17, 15) is 12.8 Å². The largest absolute Gasteiger partial charge is 0.493 e. The van der Waals surface area contributed by atoms with E-state index >= 15 is 0 Å². The molecule has 1 fully saturated rings. The molecule has 4 heterocycles. The van der Waals surface area contributed by atoms with Crippen molar-refractivity contribution in [3.8, 4) is 39.8 Å². The smallest absolute Gasteiger partial charge is 0.223 e. The lowest BCUT2D eigenvalue weighted by atomic mass is 10.1. The highest BCUT2D eigenvalue weighted by Gasteiger charge is 2.29. The fraction of sp³-hybridized carbons (Fsp3) is 0.250. The third-order valence-corrected chi connectivity index (χ3v) is 7.33. The number of sulfonamides is 1. The number of halogens is 1. The lowest BCUT2D eigenvalue weighted by Crippen LogP contribution is -2.31. The first-order valence-corrected chi connectivity index (χ1v) is 13.3. The Kier molecular flexibility index (Phi) is 6.48. The number of hydrogen-bond acceptors (Lipinski definition) is 9. The lowest BCUT2D eigenvalue weighted by molar-refractivity contribution is 0.415. The summed E-state index contributed by atoms with van der Waals surface area (Å²) in [6, 6.07) is 9.32. The number of nitrogens with zero attached hydrogens (tertiary/aromatic N) is 5. The van der Waals surface area contributed by atoms with Crippen LogP contribution in [0.1, 0.15) is 6.42 Å². The Labute approximate surface area is 213 Å². The Morgan fingerprint density at radius 1 is 1.16 bits per heavy atom. The Morgan fingerprint density at radius 3 is 2.65 bits per heavy atom. The molecule has 192 valence electrons. The molecule has 1 atom stereocenters.